The first-order valence-corrected chi connectivity index (χ1v) is 9.82. The van der Waals surface area contributed by atoms with Gasteiger partial charge in [-0.1, -0.05) is 35.4 Å². The molecule has 0 saturated carbocycles. The van der Waals surface area contributed by atoms with Gasteiger partial charge in [0.1, 0.15) is 0 Å². The number of benzene rings is 2. The van der Waals surface area contributed by atoms with Gasteiger partial charge in [-0.3, -0.25) is 6.08 Å². The summed E-state index contributed by atoms with van der Waals surface area (Å²) in [6.07, 6.45) is 11.0. The number of allylic oxidation sites excluding steroid dienone is 4. The molecule has 0 unspecified atom stereocenters. The zero-order valence-corrected chi connectivity index (χ0v) is 20.4. The molecule has 0 aromatic heterocycles. The fourth-order valence-corrected chi connectivity index (χ4v) is 2.58. The molecule has 2 aliphatic rings. The molecule has 0 atom stereocenters. The van der Waals surface area contributed by atoms with Crippen LogP contribution in [-0.2, 0) is 30.3 Å². The molecule has 0 heterocycles. The zero-order valence-electron chi connectivity index (χ0n) is 15.3. The molecule has 2 aromatic rings. The number of hydrogen-bond donors (Lipinski definition) is 0. The van der Waals surface area contributed by atoms with E-state index in [2.05, 4.69) is 56.3 Å². The molecule has 0 radical (unpaired) electrons. The van der Waals surface area contributed by atoms with Crippen molar-refractivity contribution >= 4 is 3.26 Å². The molecule has 0 saturated heterocycles. The van der Waals surface area contributed by atoms with Crippen LogP contribution in [0.25, 0.3) is 11.1 Å². The van der Waals surface area contributed by atoms with E-state index < -0.39 is 0 Å². The van der Waals surface area contributed by atoms with Crippen LogP contribution in [0.1, 0.15) is 31.4 Å². The average molecular weight is 552 g/mol. The monoisotopic (exact) mass is 552 g/mol. The van der Waals surface area contributed by atoms with Crippen molar-refractivity contribution in [1.29, 1.82) is 0 Å². The van der Waals surface area contributed by atoms with Gasteiger partial charge < -0.3 is 29.6 Å². The second-order valence-electron chi connectivity index (χ2n) is 5.74. The van der Waals surface area contributed by atoms with Crippen LogP contribution in [0.15, 0.2) is 54.6 Å². The number of methoxy groups -OCH3 is 1. The Labute approximate surface area is 184 Å². The summed E-state index contributed by atoms with van der Waals surface area (Å²) in [7, 11) is 1.72. The largest absolute Gasteiger partial charge is 1.00 e. The van der Waals surface area contributed by atoms with Crippen molar-refractivity contribution in [3.63, 3.8) is 0 Å². The van der Waals surface area contributed by atoms with Crippen molar-refractivity contribution in [2.75, 3.05) is 7.11 Å². The summed E-state index contributed by atoms with van der Waals surface area (Å²) in [5, 5.41) is 0. The maximum absolute atomic E-state index is 5.39. The predicted molar refractivity (Wildman–Crippen MR) is 98.0 cm³/mol. The molecule has 26 heavy (non-hydrogen) atoms. The summed E-state index contributed by atoms with van der Waals surface area (Å²) in [5.74, 6) is 0.952. The number of fused-ring (bicyclic) bond motifs is 3. The maximum atomic E-state index is 5.39. The van der Waals surface area contributed by atoms with Crippen LogP contribution in [0.3, 0.4) is 0 Å². The second-order valence-corrected chi connectivity index (χ2v) is 9.33. The van der Waals surface area contributed by atoms with E-state index in [0.29, 0.717) is 0 Å². The van der Waals surface area contributed by atoms with Crippen molar-refractivity contribution in [1.82, 2.24) is 0 Å². The third kappa shape index (κ3) is 7.34. The van der Waals surface area contributed by atoms with Gasteiger partial charge in [-0.2, -0.15) is 18.2 Å². The minimum atomic E-state index is 0. The molecule has 0 N–H and O–H groups in total. The zero-order chi connectivity index (χ0) is 17.4. The van der Waals surface area contributed by atoms with Gasteiger partial charge >= 0.3 is 41.0 Å². The van der Waals surface area contributed by atoms with Gasteiger partial charge in [0.05, 0.1) is 7.11 Å². The molecular formula is C22H22Cl2HfO-2. The Morgan fingerprint density at radius 3 is 2.35 bits per heavy atom. The fraction of sp³-hybridized carbons (Fsp3) is 0.227. The number of ether oxygens (including phenoxy) is 1. The smallest absolute Gasteiger partial charge is 0.109 e. The van der Waals surface area contributed by atoms with E-state index in [1.54, 1.807) is 10.4 Å². The van der Waals surface area contributed by atoms with Crippen molar-refractivity contribution in [3.8, 4) is 16.9 Å². The first kappa shape index (κ1) is 25.0. The summed E-state index contributed by atoms with van der Waals surface area (Å²) in [5.41, 5.74) is 5.13. The van der Waals surface area contributed by atoms with E-state index in [4.69, 9.17) is 4.74 Å². The van der Waals surface area contributed by atoms with Crippen molar-refractivity contribution in [2.24, 2.45) is 0 Å². The first-order chi connectivity index (χ1) is 11.6. The standard InChI is InChI=1S/C14H11O.C5H5.C3H6.2ClH.Hf/c1-15-13-8-4-6-11-9-10-5-2-3-7-12(10)14(11)13;1-2-4-5-3-1;1-3-2;;;/h2-5,7-8H,9H2,1H3;1-3H,4H2;1-2H3;2*1H;/q2*-1;;;;+2/p-2. The Balaban J connectivity index is 0.000000480. The van der Waals surface area contributed by atoms with E-state index in [1.807, 2.05) is 24.3 Å². The number of hydrogen-bond acceptors (Lipinski definition) is 1. The molecule has 0 aliphatic heterocycles. The van der Waals surface area contributed by atoms with Crippen LogP contribution >= 0.6 is 0 Å². The molecule has 0 fully saturated rings. The molecule has 4 heteroatoms. The third-order valence-electron chi connectivity index (χ3n) is 3.50. The normalized spacial score (nSPS) is 11.4. The second kappa shape index (κ2) is 13.2. The van der Waals surface area contributed by atoms with E-state index in [9.17, 15) is 0 Å². The van der Waals surface area contributed by atoms with Crippen molar-refractivity contribution in [2.45, 2.75) is 26.7 Å². The number of halogens is 2. The minimum Gasteiger partial charge on any atom is -1.00 e. The molecule has 0 bridgehead atoms. The molecular weight excluding hydrogens is 530 g/mol. The van der Waals surface area contributed by atoms with Gasteiger partial charge in [-0.25, -0.2) is 12.2 Å². The van der Waals surface area contributed by atoms with Crippen LogP contribution in [0, 0.1) is 12.1 Å². The predicted octanol–water partition coefficient (Wildman–Crippen LogP) is -0.874. The third-order valence-corrected chi connectivity index (χ3v) is 3.50. The Morgan fingerprint density at radius 1 is 1.12 bits per heavy atom. The Hall–Kier alpha value is -0.960. The molecule has 0 spiro atoms. The van der Waals surface area contributed by atoms with Crippen LogP contribution < -0.4 is 29.6 Å². The maximum Gasteiger partial charge on any atom is -0.109 e. The van der Waals surface area contributed by atoms with E-state index in [0.717, 1.165) is 18.6 Å². The minimum absolute atomic E-state index is 0. The molecule has 2 aromatic carbocycles. The Kier molecular flexibility index (Phi) is 12.8. The van der Waals surface area contributed by atoms with Crippen LogP contribution in [0.4, 0.5) is 0 Å². The van der Waals surface area contributed by atoms with Gasteiger partial charge in [0, 0.05) is 5.75 Å². The summed E-state index contributed by atoms with van der Waals surface area (Å²) in [6, 6.07) is 15.7. The van der Waals surface area contributed by atoms with Gasteiger partial charge in [0.15, 0.2) is 0 Å². The topological polar surface area (TPSA) is 9.23 Å². The van der Waals surface area contributed by atoms with Gasteiger partial charge in [0.2, 0.25) is 0 Å². The molecule has 4 rings (SSSR count). The van der Waals surface area contributed by atoms with Crippen LogP contribution in [-0.4, -0.2) is 10.4 Å². The van der Waals surface area contributed by atoms with Crippen molar-refractivity contribution < 1.29 is 53.4 Å². The Bertz CT molecular complexity index is 752. The van der Waals surface area contributed by atoms with E-state index in [1.165, 1.54) is 46.1 Å². The van der Waals surface area contributed by atoms with Crippen LogP contribution in [0.2, 0.25) is 0 Å². The van der Waals surface area contributed by atoms with Crippen LogP contribution in [0.5, 0.6) is 5.75 Å². The summed E-state index contributed by atoms with van der Waals surface area (Å²) in [4.78, 5) is 0. The van der Waals surface area contributed by atoms with Gasteiger partial charge in [-0.05, 0) is 12.0 Å². The van der Waals surface area contributed by atoms with E-state index in [-0.39, 0.29) is 24.8 Å². The Morgan fingerprint density at radius 2 is 1.81 bits per heavy atom. The fourth-order valence-electron chi connectivity index (χ4n) is 2.58. The summed E-state index contributed by atoms with van der Waals surface area (Å²) < 4.78 is 6.95. The average Bonchev–Trinajstić information content (AvgIpc) is 3.25. The quantitative estimate of drug-likeness (QED) is 0.282. The molecule has 0 amide bonds. The van der Waals surface area contributed by atoms with Gasteiger partial charge in [0.25, 0.3) is 0 Å². The van der Waals surface area contributed by atoms with Crippen molar-refractivity contribution in [3.05, 3.63) is 77.9 Å². The molecule has 1 nitrogen and oxygen atoms in total. The molecule has 136 valence electrons. The SMILES string of the molecule is COc1cc[c-]c2c1-c1ccccc1C2.C[C](C)=[Hf+2].[C-]1=CC=CC1.[Cl-].[Cl-]. The summed E-state index contributed by atoms with van der Waals surface area (Å²) >= 11 is 1.27. The van der Waals surface area contributed by atoms with Gasteiger partial charge in [-0.15, -0.1) is 18.1 Å². The summed E-state index contributed by atoms with van der Waals surface area (Å²) in [6.45, 7) is 4.29. The molecule has 2 aliphatic carbocycles. The van der Waals surface area contributed by atoms with E-state index >= 15 is 0 Å². The number of rotatable bonds is 1. The first-order valence-electron chi connectivity index (χ1n) is 8.02.